The van der Waals surface area contributed by atoms with E-state index in [9.17, 15) is 4.79 Å². The van der Waals surface area contributed by atoms with E-state index in [-0.39, 0.29) is 11.8 Å². The van der Waals surface area contributed by atoms with E-state index in [1.165, 1.54) is 32.1 Å². The minimum absolute atomic E-state index is 0.0595. The van der Waals surface area contributed by atoms with Crippen LogP contribution in [0.25, 0.3) is 0 Å². The first-order chi connectivity index (χ1) is 7.24. The Kier molecular flexibility index (Phi) is 5.44. The van der Waals surface area contributed by atoms with Crippen LogP contribution in [0.2, 0.25) is 0 Å². The van der Waals surface area contributed by atoms with Crippen molar-refractivity contribution in [3.63, 3.8) is 0 Å². The molecule has 1 aliphatic carbocycles. The largest absolute Gasteiger partial charge is 0.369 e. The summed E-state index contributed by atoms with van der Waals surface area (Å²) in [5.41, 5.74) is 5.42. The average Bonchev–Trinajstić information content (AvgIpc) is 2.25. The molecule has 0 aliphatic heterocycles. The van der Waals surface area contributed by atoms with Crippen LogP contribution in [0.4, 0.5) is 0 Å². The number of amides is 1. The maximum Gasteiger partial charge on any atom is 0.220 e. The van der Waals surface area contributed by atoms with Gasteiger partial charge in [-0.05, 0) is 25.7 Å². The molecule has 2 N–H and O–H groups in total. The molecule has 15 heavy (non-hydrogen) atoms. The highest BCUT2D eigenvalue weighted by atomic mass is 16.1. The van der Waals surface area contributed by atoms with Crippen LogP contribution in [0.1, 0.15) is 51.9 Å². The Morgan fingerprint density at radius 3 is 2.60 bits per heavy atom. The lowest BCUT2D eigenvalue weighted by Gasteiger charge is -2.24. The minimum atomic E-state index is -0.126. The Morgan fingerprint density at radius 1 is 1.40 bits per heavy atom. The predicted molar refractivity (Wildman–Crippen MR) is 63.3 cm³/mol. The molecule has 0 spiro atoms. The maximum atomic E-state index is 11.3. The van der Waals surface area contributed by atoms with Gasteiger partial charge in [0, 0.05) is 5.92 Å². The number of carbonyl (C=O) groups is 1. The van der Waals surface area contributed by atoms with E-state index >= 15 is 0 Å². The standard InChI is InChI=1S/C13H23NO/c1-2-3-9-12(13(14)15)10-11-7-5-4-6-8-11/h2-3,11-12H,4-10H2,1H3,(H2,14,15). The third kappa shape index (κ3) is 4.50. The van der Waals surface area contributed by atoms with Crippen molar-refractivity contribution in [2.24, 2.45) is 17.6 Å². The van der Waals surface area contributed by atoms with Crippen LogP contribution >= 0.6 is 0 Å². The Balaban J connectivity index is 2.38. The molecule has 1 amide bonds. The lowest BCUT2D eigenvalue weighted by Crippen LogP contribution is -2.25. The smallest absolute Gasteiger partial charge is 0.220 e. The number of nitrogens with two attached hydrogens (primary N) is 1. The molecular weight excluding hydrogens is 186 g/mol. The molecule has 0 aromatic rings. The van der Waals surface area contributed by atoms with Crippen molar-refractivity contribution >= 4 is 5.91 Å². The number of carbonyl (C=O) groups excluding carboxylic acids is 1. The highest BCUT2D eigenvalue weighted by Gasteiger charge is 2.21. The third-order valence-electron chi connectivity index (χ3n) is 3.40. The van der Waals surface area contributed by atoms with Gasteiger partial charge in [0.2, 0.25) is 5.91 Å². The average molecular weight is 209 g/mol. The van der Waals surface area contributed by atoms with E-state index in [4.69, 9.17) is 5.73 Å². The van der Waals surface area contributed by atoms with Crippen molar-refractivity contribution in [1.29, 1.82) is 0 Å². The molecule has 0 saturated heterocycles. The van der Waals surface area contributed by atoms with Crippen LogP contribution in [-0.4, -0.2) is 5.91 Å². The summed E-state index contributed by atoms with van der Waals surface area (Å²) in [6.45, 7) is 1.98. The first kappa shape index (κ1) is 12.3. The van der Waals surface area contributed by atoms with Gasteiger partial charge < -0.3 is 5.73 Å². The number of rotatable bonds is 5. The molecule has 0 aromatic carbocycles. The molecule has 1 atom stereocenters. The molecule has 1 fully saturated rings. The van der Waals surface area contributed by atoms with Crippen molar-refractivity contribution < 1.29 is 4.79 Å². The fourth-order valence-electron chi connectivity index (χ4n) is 2.45. The molecule has 1 rings (SSSR count). The number of primary amides is 1. The van der Waals surface area contributed by atoms with Crippen molar-refractivity contribution in [3.05, 3.63) is 12.2 Å². The maximum absolute atomic E-state index is 11.3. The zero-order valence-electron chi connectivity index (χ0n) is 9.74. The molecule has 1 saturated carbocycles. The number of hydrogen-bond donors (Lipinski definition) is 1. The summed E-state index contributed by atoms with van der Waals surface area (Å²) in [6, 6.07) is 0. The summed E-state index contributed by atoms with van der Waals surface area (Å²) in [5.74, 6) is 0.671. The van der Waals surface area contributed by atoms with Crippen LogP contribution in [0, 0.1) is 11.8 Å². The van der Waals surface area contributed by atoms with Crippen LogP contribution in [0.5, 0.6) is 0 Å². The van der Waals surface area contributed by atoms with Gasteiger partial charge in [0.15, 0.2) is 0 Å². The lowest BCUT2D eigenvalue weighted by atomic mass is 9.81. The van der Waals surface area contributed by atoms with Gasteiger partial charge in [-0.15, -0.1) is 0 Å². The van der Waals surface area contributed by atoms with Crippen LogP contribution in [0.15, 0.2) is 12.2 Å². The fourth-order valence-corrected chi connectivity index (χ4v) is 2.45. The summed E-state index contributed by atoms with van der Waals surface area (Å²) in [7, 11) is 0. The summed E-state index contributed by atoms with van der Waals surface area (Å²) in [4.78, 5) is 11.3. The van der Waals surface area contributed by atoms with E-state index in [2.05, 4.69) is 6.08 Å². The van der Waals surface area contributed by atoms with Gasteiger partial charge in [-0.2, -0.15) is 0 Å². The minimum Gasteiger partial charge on any atom is -0.369 e. The van der Waals surface area contributed by atoms with Gasteiger partial charge in [-0.1, -0.05) is 44.3 Å². The van der Waals surface area contributed by atoms with Gasteiger partial charge in [0.1, 0.15) is 0 Å². The molecule has 1 aliphatic rings. The highest BCUT2D eigenvalue weighted by Crippen LogP contribution is 2.30. The normalized spacial score (nSPS) is 20.6. The Bertz CT molecular complexity index is 217. The van der Waals surface area contributed by atoms with Gasteiger partial charge in [-0.25, -0.2) is 0 Å². The van der Waals surface area contributed by atoms with Crippen LogP contribution in [-0.2, 0) is 4.79 Å². The van der Waals surface area contributed by atoms with Crippen LogP contribution in [0.3, 0.4) is 0 Å². The zero-order valence-corrected chi connectivity index (χ0v) is 9.74. The van der Waals surface area contributed by atoms with Crippen molar-refractivity contribution in [2.75, 3.05) is 0 Å². The molecule has 2 nitrogen and oxygen atoms in total. The topological polar surface area (TPSA) is 43.1 Å². The van der Waals surface area contributed by atoms with Crippen molar-refractivity contribution in [2.45, 2.75) is 51.9 Å². The summed E-state index contributed by atoms with van der Waals surface area (Å²) >= 11 is 0. The quantitative estimate of drug-likeness (QED) is 0.695. The Morgan fingerprint density at radius 2 is 2.07 bits per heavy atom. The van der Waals surface area contributed by atoms with E-state index in [0.717, 1.165) is 18.8 Å². The van der Waals surface area contributed by atoms with E-state index < -0.39 is 0 Å². The molecule has 0 bridgehead atoms. The number of hydrogen-bond acceptors (Lipinski definition) is 1. The molecule has 2 heteroatoms. The van der Waals surface area contributed by atoms with Gasteiger partial charge in [-0.3, -0.25) is 4.79 Å². The second-order valence-corrected chi connectivity index (χ2v) is 4.64. The Labute approximate surface area is 92.9 Å². The molecule has 1 unspecified atom stereocenters. The molecule has 0 aromatic heterocycles. The summed E-state index contributed by atoms with van der Waals surface area (Å²) in [6.07, 6.45) is 12.5. The van der Waals surface area contributed by atoms with Gasteiger partial charge in [0.05, 0.1) is 0 Å². The third-order valence-corrected chi connectivity index (χ3v) is 3.40. The lowest BCUT2D eigenvalue weighted by molar-refractivity contribution is -0.122. The van der Waals surface area contributed by atoms with Gasteiger partial charge >= 0.3 is 0 Å². The fraction of sp³-hybridized carbons (Fsp3) is 0.769. The molecule has 0 heterocycles. The molecular formula is C13H23NO. The Hall–Kier alpha value is -0.790. The van der Waals surface area contributed by atoms with Gasteiger partial charge in [0.25, 0.3) is 0 Å². The molecule has 0 radical (unpaired) electrons. The highest BCUT2D eigenvalue weighted by molar-refractivity contribution is 5.76. The van der Waals surface area contributed by atoms with E-state index in [1.54, 1.807) is 0 Å². The van der Waals surface area contributed by atoms with Crippen molar-refractivity contribution in [3.8, 4) is 0 Å². The van der Waals surface area contributed by atoms with E-state index in [1.807, 2.05) is 13.0 Å². The summed E-state index contributed by atoms with van der Waals surface area (Å²) < 4.78 is 0. The second kappa shape index (κ2) is 6.65. The van der Waals surface area contributed by atoms with Crippen LogP contribution < -0.4 is 5.73 Å². The zero-order chi connectivity index (χ0) is 11.1. The predicted octanol–water partition coefficient (Wildman–Crippen LogP) is 3.02. The molecule has 86 valence electrons. The monoisotopic (exact) mass is 209 g/mol. The SMILES string of the molecule is CC=CCC(CC1CCCCC1)C(N)=O. The second-order valence-electron chi connectivity index (χ2n) is 4.64. The first-order valence-electron chi connectivity index (χ1n) is 6.14. The first-order valence-corrected chi connectivity index (χ1v) is 6.14. The summed E-state index contributed by atoms with van der Waals surface area (Å²) in [5, 5.41) is 0. The van der Waals surface area contributed by atoms with Crippen molar-refractivity contribution in [1.82, 2.24) is 0 Å². The number of allylic oxidation sites excluding steroid dienone is 2. The van der Waals surface area contributed by atoms with E-state index in [0.29, 0.717) is 0 Å².